The summed E-state index contributed by atoms with van der Waals surface area (Å²) in [6.07, 6.45) is 1.59. The quantitative estimate of drug-likeness (QED) is 0.912. The molecule has 0 aliphatic carbocycles. The zero-order valence-corrected chi connectivity index (χ0v) is 13.4. The Hall–Kier alpha value is -2.18. The van der Waals surface area contributed by atoms with E-state index in [1.54, 1.807) is 0 Å². The van der Waals surface area contributed by atoms with E-state index in [4.69, 9.17) is 9.47 Å². The minimum absolute atomic E-state index is 0.0796. The molecule has 0 atom stereocenters. The lowest BCUT2D eigenvalue weighted by atomic mass is 9.95. The number of likely N-dealkylation sites (tertiary alicyclic amines) is 1. The maximum atomic E-state index is 12.9. The van der Waals surface area contributed by atoms with E-state index in [-0.39, 0.29) is 17.8 Å². The van der Waals surface area contributed by atoms with Crippen molar-refractivity contribution in [2.75, 3.05) is 26.3 Å². The van der Waals surface area contributed by atoms with Crippen LogP contribution in [0.1, 0.15) is 23.2 Å². The first-order valence-electron chi connectivity index (χ1n) is 8.37. The van der Waals surface area contributed by atoms with Gasteiger partial charge in [-0.1, -0.05) is 18.2 Å². The summed E-state index contributed by atoms with van der Waals surface area (Å²) in [4.78, 5) is 29.4. The van der Waals surface area contributed by atoms with Gasteiger partial charge in [0.1, 0.15) is 0 Å². The Morgan fingerprint density at radius 2 is 1.83 bits per heavy atom. The van der Waals surface area contributed by atoms with Crippen LogP contribution < -0.4 is 5.56 Å². The zero-order chi connectivity index (χ0) is 16.5. The van der Waals surface area contributed by atoms with Crippen molar-refractivity contribution in [2.24, 2.45) is 5.92 Å². The summed E-state index contributed by atoms with van der Waals surface area (Å²) < 4.78 is 11.2. The lowest BCUT2D eigenvalue weighted by Crippen LogP contribution is -2.41. The fourth-order valence-corrected chi connectivity index (χ4v) is 3.58. The van der Waals surface area contributed by atoms with E-state index >= 15 is 0 Å². The highest BCUT2D eigenvalue weighted by atomic mass is 16.7. The zero-order valence-electron chi connectivity index (χ0n) is 13.4. The third-order valence-electron chi connectivity index (χ3n) is 4.84. The van der Waals surface area contributed by atoms with Crippen LogP contribution in [0.2, 0.25) is 0 Å². The molecule has 2 aliphatic heterocycles. The molecule has 0 saturated carbocycles. The van der Waals surface area contributed by atoms with Gasteiger partial charge in [-0.3, -0.25) is 9.59 Å². The average molecular weight is 328 g/mol. The summed E-state index contributed by atoms with van der Waals surface area (Å²) in [5, 5.41) is 0.784. The molecule has 0 radical (unpaired) electrons. The molecule has 2 fully saturated rings. The Bertz CT molecular complexity index is 802. The number of aromatic amines is 1. The van der Waals surface area contributed by atoms with E-state index in [0.717, 1.165) is 18.2 Å². The van der Waals surface area contributed by atoms with Crippen LogP contribution in [-0.2, 0) is 9.47 Å². The van der Waals surface area contributed by atoms with Gasteiger partial charge in [0.05, 0.1) is 18.8 Å². The Kier molecular flexibility index (Phi) is 4.08. The second kappa shape index (κ2) is 6.37. The van der Waals surface area contributed by atoms with Gasteiger partial charge in [-0.05, 0) is 18.9 Å². The number of hydrogen-bond acceptors (Lipinski definition) is 4. The summed E-state index contributed by atoms with van der Waals surface area (Å²) in [5.74, 6) is 0.261. The molecule has 0 bridgehead atoms. The molecule has 6 heteroatoms. The lowest BCUT2D eigenvalue weighted by molar-refractivity contribution is -0.0956. The Morgan fingerprint density at radius 1 is 1.12 bits per heavy atom. The first-order valence-corrected chi connectivity index (χ1v) is 8.37. The number of rotatable bonds is 2. The molecule has 0 unspecified atom stereocenters. The van der Waals surface area contributed by atoms with Gasteiger partial charge < -0.3 is 19.4 Å². The molecule has 2 saturated heterocycles. The predicted molar refractivity (Wildman–Crippen MR) is 88.9 cm³/mol. The molecule has 2 aromatic rings. The minimum Gasteiger partial charge on any atom is -0.350 e. The molecule has 3 heterocycles. The van der Waals surface area contributed by atoms with Crippen LogP contribution in [0, 0.1) is 5.92 Å². The van der Waals surface area contributed by atoms with E-state index in [2.05, 4.69) is 4.98 Å². The lowest BCUT2D eigenvalue weighted by Gasteiger charge is -2.34. The molecule has 2 aliphatic rings. The molecular formula is C18H20N2O4. The van der Waals surface area contributed by atoms with Crippen molar-refractivity contribution in [3.63, 3.8) is 0 Å². The van der Waals surface area contributed by atoms with Gasteiger partial charge in [0.2, 0.25) is 5.56 Å². The number of aromatic nitrogens is 1. The molecule has 1 aromatic heterocycles. The fraction of sp³-hybridized carbons (Fsp3) is 0.444. The van der Waals surface area contributed by atoms with Crippen LogP contribution in [0.15, 0.2) is 35.1 Å². The normalized spacial score (nSPS) is 19.9. The number of pyridine rings is 1. The second-order valence-corrected chi connectivity index (χ2v) is 6.33. The fourth-order valence-electron chi connectivity index (χ4n) is 3.58. The van der Waals surface area contributed by atoms with E-state index in [1.807, 2.05) is 29.2 Å². The van der Waals surface area contributed by atoms with Crippen LogP contribution in [-0.4, -0.2) is 48.4 Å². The molecule has 1 amide bonds. The van der Waals surface area contributed by atoms with E-state index in [0.29, 0.717) is 43.3 Å². The van der Waals surface area contributed by atoms with Gasteiger partial charge in [-0.2, -0.15) is 0 Å². The number of nitrogens with zero attached hydrogens (tertiary/aromatic N) is 1. The van der Waals surface area contributed by atoms with Crippen molar-refractivity contribution in [3.8, 4) is 0 Å². The third-order valence-corrected chi connectivity index (χ3v) is 4.84. The first kappa shape index (κ1) is 15.4. The maximum Gasteiger partial charge on any atom is 0.254 e. The van der Waals surface area contributed by atoms with Crippen LogP contribution in [0.3, 0.4) is 0 Å². The number of benzene rings is 1. The first-order chi connectivity index (χ1) is 11.7. The van der Waals surface area contributed by atoms with Crippen molar-refractivity contribution in [2.45, 2.75) is 19.1 Å². The van der Waals surface area contributed by atoms with Gasteiger partial charge in [0.15, 0.2) is 6.29 Å². The minimum atomic E-state index is -0.250. The smallest absolute Gasteiger partial charge is 0.254 e. The third kappa shape index (κ3) is 2.83. The molecule has 4 rings (SSSR count). The number of para-hydroxylation sites is 1. The van der Waals surface area contributed by atoms with Crippen LogP contribution in [0.5, 0.6) is 0 Å². The molecule has 126 valence electrons. The SMILES string of the molecule is O=C(c1cc(=O)[nH]c2ccccc12)N1CCC(C2OCCO2)CC1. The Balaban J connectivity index is 1.54. The van der Waals surface area contributed by atoms with Crippen LogP contribution in [0.4, 0.5) is 0 Å². The number of fused-ring (bicyclic) bond motifs is 1. The standard InChI is InChI=1S/C18H20N2O4/c21-16-11-14(13-3-1-2-4-15(13)19-16)17(22)20-7-5-12(6-8-20)18-23-9-10-24-18/h1-4,11-12,18H,5-10H2,(H,19,21). The van der Waals surface area contributed by atoms with Crippen molar-refractivity contribution in [1.29, 1.82) is 0 Å². The number of hydrogen-bond donors (Lipinski definition) is 1. The van der Waals surface area contributed by atoms with E-state index in [9.17, 15) is 9.59 Å². The van der Waals surface area contributed by atoms with Crippen molar-refractivity contribution in [3.05, 3.63) is 46.2 Å². The molecule has 1 N–H and O–H groups in total. The average Bonchev–Trinajstić information content (AvgIpc) is 3.15. The van der Waals surface area contributed by atoms with E-state index in [1.165, 1.54) is 6.07 Å². The van der Waals surface area contributed by atoms with Gasteiger partial charge in [-0.25, -0.2) is 0 Å². The Labute approximate surface area is 139 Å². The van der Waals surface area contributed by atoms with Gasteiger partial charge in [-0.15, -0.1) is 0 Å². The van der Waals surface area contributed by atoms with E-state index < -0.39 is 0 Å². The topological polar surface area (TPSA) is 71.6 Å². The number of piperidine rings is 1. The number of carbonyl (C=O) groups is 1. The van der Waals surface area contributed by atoms with Crippen molar-refractivity contribution in [1.82, 2.24) is 9.88 Å². The van der Waals surface area contributed by atoms with Crippen molar-refractivity contribution >= 4 is 16.8 Å². The number of nitrogens with one attached hydrogen (secondary N) is 1. The monoisotopic (exact) mass is 328 g/mol. The largest absolute Gasteiger partial charge is 0.350 e. The second-order valence-electron chi connectivity index (χ2n) is 6.33. The summed E-state index contributed by atoms with van der Waals surface area (Å²) in [6, 6.07) is 8.80. The predicted octanol–water partition coefficient (Wildman–Crippen LogP) is 1.75. The molecule has 0 spiro atoms. The van der Waals surface area contributed by atoms with Gasteiger partial charge >= 0.3 is 0 Å². The number of ether oxygens (including phenoxy) is 2. The number of H-pyrrole nitrogens is 1. The molecule has 6 nitrogen and oxygen atoms in total. The molecule has 1 aromatic carbocycles. The highest BCUT2D eigenvalue weighted by Gasteiger charge is 2.32. The summed E-state index contributed by atoms with van der Waals surface area (Å²) in [7, 11) is 0. The highest BCUT2D eigenvalue weighted by Crippen LogP contribution is 2.27. The van der Waals surface area contributed by atoms with Crippen LogP contribution >= 0.6 is 0 Å². The summed E-state index contributed by atoms with van der Waals surface area (Å²) >= 11 is 0. The Morgan fingerprint density at radius 3 is 2.58 bits per heavy atom. The maximum absolute atomic E-state index is 12.9. The van der Waals surface area contributed by atoms with Gasteiger partial charge in [0, 0.05) is 36.0 Å². The van der Waals surface area contributed by atoms with Crippen LogP contribution in [0.25, 0.3) is 10.9 Å². The van der Waals surface area contributed by atoms with Gasteiger partial charge in [0.25, 0.3) is 5.91 Å². The number of carbonyl (C=O) groups excluding carboxylic acids is 1. The molecule has 24 heavy (non-hydrogen) atoms. The summed E-state index contributed by atoms with van der Waals surface area (Å²) in [6.45, 7) is 2.63. The highest BCUT2D eigenvalue weighted by molar-refractivity contribution is 6.05. The van der Waals surface area contributed by atoms with Crippen molar-refractivity contribution < 1.29 is 14.3 Å². The molecular weight excluding hydrogens is 308 g/mol. The summed E-state index contributed by atoms with van der Waals surface area (Å²) in [5.41, 5.74) is 0.914. The number of amides is 1.